The zero-order valence-corrected chi connectivity index (χ0v) is 14.8. The van der Waals surface area contributed by atoms with Crippen LogP contribution in [0.4, 0.5) is 0 Å². The summed E-state index contributed by atoms with van der Waals surface area (Å²) in [6.07, 6.45) is 2.68. The van der Waals surface area contributed by atoms with Gasteiger partial charge in [-0.05, 0) is 48.5 Å². The molecule has 1 amide bonds. The van der Waals surface area contributed by atoms with Crippen LogP contribution in [0.25, 0.3) is 0 Å². The molecule has 128 valence electrons. The van der Waals surface area contributed by atoms with Crippen LogP contribution in [0, 0.1) is 0 Å². The summed E-state index contributed by atoms with van der Waals surface area (Å²) < 4.78 is 5.17. The fraction of sp³-hybridized carbons (Fsp3) is 0.421. The molecule has 1 unspecified atom stereocenters. The average Bonchev–Trinajstić information content (AvgIpc) is 3.24. The number of carbonyl (C=O) groups excluding carboxylic acids is 1. The Labute approximate surface area is 147 Å². The monoisotopic (exact) mass is 344 g/mol. The largest absolute Gasteiger partial charge is 0.497 e. The molecule has 1 N–H and O–H groups in total. The van der Waals surface area contributed by atoms with E-state index in [1.807, 2.05) is 18.2 Å². The molecule has 1 aliphatic rings. The summed E-state index contributed by atoms with van der Waals surface area (Å²) in [7, 11) is 1.68. The Morgan fingerprint density at radius 3 is 2.83 bits per heavy atom. The third-order valence-corrected chi connectivity index (χ3v) is 5.36. The molecule has 1 atom stereocenters. The van der Waals surface area contributed by atoms with Crippen LogP contribution in [0.1, 0.15) is 29.7 Å². The Balaban J connectivity index is 1.44. The number of nitrogens with zero attached hydrogens (tertiary/aromatic N) is 1. The Kier molecular flexibility index (Phi) is 5.88. The number of benzene rings is 1. The zero-order valence-electron chi connectivity index (χ0n) is 14.0. The van der Waals surface area contributed by atoms with Crippen LogP contribution >= 0.6 is 11.3 Å². The van der Waals surface area contributed by atoms with Crippen LogP contribution in [0.2, 0.25) is 0 Å². The molecule has 0 spiro atoms. The van der Waals surface area contributed by atoms with E-state index in [-0.39, 0.29) is 0 Å². The Hall–Kier alpha value is -1.85. The lowest BCUT2D eigenvalue weighted by Crippen LogP contribution is -2.34. The van der Waals surface area contributed by atoms with E-state index >= 15 is 0 Å². The molecule has 0 radical (unpaired) electrons. The summed E-state index contributed by atoms with van der Waals surface area (Å²) >= 11 is 1.72. The minimum absolute atomic E-state index is 0.295. The zero-order chi connectivity index (χ0) is 16.8. The topological polar surface area (TPSA) is 41.6 Å². The molecule has 3 rings (SSSR count). The van der Waals surface area contributed by atoms with Crippen molar-refractivity contribution in [3.63, 3.8) is 0 Å². The highest BCUT2D eigenvalue weighted by Crippen LogP contribution is 2.25. The molecular formula is C19H24N2O2S. The molecule has 0 saturated carbocycles. The quantitative estimate of drug-likeness (QED) is 0.746. The van der Waals surface area contributed by atoms with Crippen LogP contribution in [0.5, 0.6) is 5.75 Å². The average molecular weight is 344 g/mol. The van der Waals surface area contributed by atoms with Crippen molar-refractivity contribution in [3.05, 3.63) is 52.2 Å². The van der Waals surface area contributed by atoms with Crippen molar-refractivity contribution in [2.24, 2.45) is 0 Å². The molecule has 4 nitrogen and oxygen atoms in total. The minimum atomic E-state index is 0.295. The van der Waals surface area contributed by atoms with Gasteiger partial charge in [0.05, 0.1) is 13.7 Å². The fourth-order valence-electron chi connectivity index (χ4n) is 3.13. The van der Waals surface area contributed by atoms with Crippen molar-refractivity contribution >= 4 is 17.2 Å². The van der Waals surface area contributed by atoms with E-state index in [0.717, 1.165) is 38.2 Å². The minimum Gasteiger partial charge on any atom is -0.497 e. The van der Waals surface area contributed by atoms with Gasteiger partial charge >= 0.3 is 0 Å². The second-order valence-electron chi connectivity index (χ2n) is 6.11. The third kappa shape index (κ3) is 4.36. The molecule has 1 saturated heterocycles. The van der Waals surface area contributed by atoms with Gasteiger partial charge in [0.15, 0.2) is 0 Å². The summed E-state index contributed by atoms with van der Waals surface area (Å²) in [6.45, 7) is 2.53. The summed E-state index contributed by atoms with van der Waals surface area (Å²) in [5.41, 5.74) is 1.24. The third-order valence-electron chi connectivity index (χ3n) is 4.50. The Morgan fingerprint density at radius 1 is 1.29 bits per heavy atom. The second-order valence-corrected chi connectivity index (χ2v) is 7.14. The molecule has 2 heterocycles. The summed E-state index contributed by atoms with van der Waals surface area (Å²) in [5, 5.41) is 5.55. The predicted molar refractivity (Wildman–Crippen MR) is 97.2 cm³/mol. The first-order valence-electron chi connectivity index (χ1n) is 8.42. The summed E-state index contributed by atoms with van der Waals surface area (Å²) in [6, 6.07) is 12.6. The van der Waals surface area contributed by atoms with Crippen molar-refractivity contribution in [2.75, 3.05) is 13.7 Å². The number of nitrogens with one attached hydrogen (secondary N) is 1. The highest BCUT2D eigenvalue weighted by Gasteiger charge is 2.30. The van der Waals surface area contributed by atoms with E-state index in [4.69, 9.17) is 4.74 Å². The standard InChI is InChI=1S/C19H24N2O2S/c1-23-17-7-4-15(5-8-17)13-20-11-10-16-6-9-19(22)21(16)14-18-3-2-12-24-18/h2-5,7-8,12,16,20H,6,9-11,13-14H2,1H3. The lowest BCUT2D eigenvalue weighted by Gasteiger charge is -2.24. The van der Waals surface area contributed by atoms with Crippen LogP contribution in [-0.4, -0.2) is 30.5 Å². The van der Waals surface area contributed by atoms with Gasteiger partial charge in [-0.2, -0.15) is 0 Å². The number of ether oxygens (including phenoxy) is 1. The second kappa shape index (κ2) is 8.31. The molecule has 0 aliphatic carbocycles. The van der Waals surface area contributed by atoms with Gasteiger partial charge in [-0.25, -0.2) is 0 Å². The van der Waals surface area contributed by atoms with E-state index < -0.39 is 0 Å². The number of amides is 1. The van der Waals surface area contributed by atoms with Crippen molar-refractivity contribution in [1.82, 2.24) is 10.2 Å². The van der Waals surface area contributed by atoms with Gasteiger partial charge in [0.1, 0.15) is 5.75 Å². The van der Waals surface area contributed by atoms with E-state index in [1.54, 1.807) is 18.4 Å². The van der Waals surface area contributed by atoms with Gasteiger partial charge in [0.25, 0.3) is 0 Å². The van der Waals surface area contributed by atoms with Gasteiger partial charge in [-0.1, -0.05) is 18.2 Å². The first-order valence-corrected chi connectivity index (χ1v) is 9.29. The van der Waals surface area contributed by atoms with Crippen LogP contribution < -0.4 is 10.1 Å². The van der Waals surface area contributed by atoms with Crippen molar-refractivity contribution in [1.29, 1.82) is 0 Å². The highest BCUT2D eigenvalue weighted by atomic mass is 32.1. The lowest BCUT2D eigenvalue weighted by molar-refractivity contribution is -0.129. The molecule has 1 fully saturated rings. The number of likely N-dealkylation sites (tertiary alicyclic amines) is 1. The number of hydrogen-bond donors (Lipinski definition) is 1. The van der Waals surface area contributed by atoms with Crippen molar-refractivity contribution < 1.29 is 9.53 Å². The fourth-order valence-corrected chi connectivity index (χ4v) is 3.83. The lowest BCUT2D eigenvalue weighted by atomic mass is 10.1. The Morgan fingerprint density at radius 2 is 2.12 bits per heavy atom. The first kappa shape index (κ1) is 17.0. The predicted octanol–water partition coefficient (Wildman–Crippen LogP) is 3.43. The number of carbonyl (C=O) groups is 1. The maximum atomic E-state index is 12.1. The molecule has 5 heteroatoms. The van der Waals surface area contributed by atoms with E-state index in [2.05, 4.69) is 33.8 Å². The van der Waals surface area contributed by atoms with Gasteiger partial charge in [-0.15, -0.1) is 11.3 Å². The molecule has 1 aliphatic heterocycles. The van der Waals surface area contributed by atoms with Crippen LogP contribution in [0.15, 0.2) is 41.8 Å². The molecule has 1 aromatic carbocycles. The van der Waals surface area contributed by atoms with Gasteiger partial charge in [0.2, 0.25) is 5.91 Å². The molecule has 24 heavy (non-hydrogen) atoms. The number of hydrogen-bond acceptors (Lipinski definition) is 4. The highest BCUT2D eigenvalue weighted by molar-refractivity contribution is 7.09. The van der Waals surface area contributed by atoms with E-state index in [0.29, 0.717) is 18.4 Å². The molecule has 2 aromatic rings. The molecular weight excluding hydrogens is 320 g/mol. The van der Waals surface area contributed by atoms with Crippen LogP contribution in [0.3, 0.4) is 0 Å². The van der Waals surface area contributed by atoms with Crippen molar-refractivity contribution in [3.8, 4) is 5.75 Å². The van der Waals surface area contributed by atoms with Gasteiger partial charge in [-0.3, -0.25) is 4.79 Å². The SMILES string of the molecule is COc1ccc(CNCCC2CCC(=O)N2Cc2cccs2)cc1. The van der Waals surface area contributed by atoms with Gasteiger partial charge < -0.3 is 15.0 Å². The normalized spacial score (nSPS) is 17.5. The number of thiophene rings is 1. The smallest absolute Gasteiger partial charge is 0.223 e. The van der Waals surface area contributed by atoms with Gasteiger partial charge in [0, 0.05) is 23.9 Å². The van der Waals surface area contributed by atoms with E-state index in [1.165, 1.54) is 10.4 Å². The summed E-state index contributed by atoms with van der Waals surface area (Å²) in [4.78, 5) is 15.4. The molecule has 0 bridgehead atoms. The number of rotatable bonds is 8. The number of methoxy groups -OCH3 is 1. The van der Waals surface area contributed by atoms with Crippen LogP contribution in [-0.2, 0) is 17.9 Å². The maximum Gasteiger partial charge on any atom is 0.223 e. The van der Waals surface area contributed by atoms with E-state index in [9.17, 15) is 4.79 Å². The summed E-state index contributed by atoms with van der Waals surface area (Å²) in [5.74, 6) is 1.18. The molecule has 1 aromatic heterocycles. The first-order chi connectivity index (χ1) is 11.8. The Bertz CT molecular complexity index is 640. The maximum absolute atomic E-state index is 12.1. The van der Waals surface area contributed by atoms with Crippen molar-refractivity contribution in [2.45, 2.75) is 38.4 Å².